The molecule has 1 aromatic rings. The van der Waals surface area contributed by atoms with Gasteiger partial charge in [0.05, 0.1) is 12.7 Å². The lowest BCUT2D eigenvalue weighted by Crippen LogP contribution is -2.18. The summed E-state index contributed by atoms with van der Waals surface area (Å²) in [5.74, 6) is 0. The molecule has 0 aliphatic carbocycles. The first-order valence-electron chi connectivity index (χ1n) is 5.38. The van der Waals surface area contributed by atoms with Gasteiger partial charge in [0, 0.05) is 28.4 Å². The van der Waals surface area contributed by atoms with Crippen LogP contribution in [0.25, 0.3) is 0 Å². The van der Waals surface area contributed by atoms with Crippen LogP contribution in [0.4, 0.5) is 10.5 Å². The minimum absolute atomic E-state index is 0.191. The Morgan fingerprint density at radius 1 is 1.33 bits per heavy atom. The first-order chi connectivity index (χ1) is 8.43. The van der Waals surface area contributed by atoms with E-state index in [1.54, 1.807) is 33.1 Å². The molecule has 0 aromatic heterocycles. The summed E-state index contributed by atoms with van der Waals surface area (Å²) < 4.78 is 9.93. The van der Waals surface area contributed by atoms with Crippen LogP contribution in [0, 0.1) is 0 Å². The number of hydrogen-bond acceptors (Lipinski definition) is 3. The third-order valence-corrected chi connectivity index (χ3v) is 2.69. The second-order valence-corrected chi connectivity index (χ2v) is 4.74. The van der Waals surface area contributed by atoms with Crippen LogP contribution in [-0.2, 0) is 16.1 Å². The van der Waals surface area contributed by atoms with Gasteiger partial charge in [-0.25, -0.2) is 4.79 Å². The molecule has 6 heteroatoms. The lowest BCUT2D eigenvalue weighted by molar-refractivity contribution is 0.130. The van der Waals surface area contributed by atoms with Gasteiger partial charge in [-0.2, -0.15) is 0 Å². The van der Waals surface area contributed by atoms with E-state index in [2.05, 4.69) is 5.32 Å². The Morgan fingerprint density at radius 3 is 2.33 bits per heavy atom. The summed E-state index contributed by atoms with van der Waals surface area (Å²) in [6.45, 7) is 3.84. The summed E-state index contributed by atoms with van der Waals surface area (Å²) in [6, 6.07) is 3.20. The van der Waals surface area contributed by atoms with Gasteiger partial charge in [0.15, 0.2) is 0 Å². The van der Waals surface area contributed by atoms with Crippen LogP contribution in [-0.4, -0.2) is 19.3 Å². The molecule has 1 N–H and O–H groups in total. The summed E-state index contributed by atoms with van der Waals surface area (Å²) >= 11 is 12.1. The van der Waals surface area contributed by atoms with Crippen molar-refractivity contribution in [1.29, 1.82) is 0 Å². The van der Waals surface area contributed by atoms with E-state index in [0.29, 0.717) is 27.9 Å². The van der Waals surface area contributed by atoms with Gasteiger partial charge in [-0.1, -0.05) is 23.2 Å². The molecular weight excluding hydrogens is 277 g/mol. The molecule has 0 bridgehead atoms. The summed E-state index contributed by atoms with van der Waals surface area (Å²) in [6.07, 6.45) is -0.736. The zero-order valence-corrected chi connectivity index (χ0v) is 11.9. The Hall–Kier alpha value is -0.970. The maximum absolute atomic E-state index is 11.4. The van der Waals surface area contributed by atoms with Crippen molar-refractivity contribution in [1.82, 2.24) is 0 Å². The molecule has 18 heavy (non-hydrogen) atoms. The molecule has 4 nitrogen and oxygen atoms in total. The predicted octanol–water partition coefficient (Wildman–Crippen LogP) is 4.10. The standard InChI is InChI=1S/C12H15Cl2NO3/c1-7(2)18-12(16)15-8-4-10(13)9(6-17-3)11(14)5-8/h4-5,7H,6H2,1-3H3,(H,15,16). The zero-order valence-electron chi connectivity index (χ0n) is 10.4. The van der Waals surface area contributed by atoms with Crippen molar-refractivity contribution < 1.29 is 14.3 Å². The molecule has 0 radical (unpaired) electrons. The molecule has 1 aromatic carbocycles. The van der Waals surface area contributed by atoms with E-state index in [-0.39, 0.29) is 6.10 Å². The average molecular weight is 292 g/mol. The minimum Gasteiger partial charge on any atom is -0.447 e. The van der Waals surface area contributed by atoms with E-state index < -0.39 is 6.09 Å². The molecule has 0 atom stereocenters. The molecule has 0 unspecified atom stereocenters. The third kappa shape index (κ3) is 4.37. The highest BCUT2D eigenvalue weighted by molar-refractivity contribution is 6.36. The predicted molar refractivity (Wildman–Crippen MR) is 72.4 cm³/mol. The van der Waals surface area contributed by atoms with E-state index in [1.807, 2.05) is 0 Å². The summed E-state index contributed by atoms with van der Waals surface area (Å²) in [7, 11) is 1.55. The van der Waals surface area contributed by atoms with Crippen molar-refractivity contribution in [3.63, 3.8) is 0 Å². The second-order valence-electron chi connectivity index (χ2n) is 3.93. The van der Waals surface area contributed by atoms with Crippen LogP contribution >= 0.6 is 23.2 Å². The number of hydrogen-bond donors (Lipinski definition) is 1. The number of anilines is 1. The van der Waals surface area contributed by atoms with Crippen molar-refractivity contribution in [2.75, 3.05) is 12.4 Å². The van der Waals surface area contributed by atoms with Crippen molar-refractivity contribution >= 4 is 35.0 Å². The van der Waals surface area contributed by atoms with Crippen LogP contribution < -0.4 is 5.32 Å². The SMILES string of the molecule is COCc1c(Cl)cc(NC(=O)OC(C)C)cc1Cl. The second kappa shape index (κ2) is 6.83. The van der Waals surface area contributed by atoms with Gasteiger partial charge in [0.2, 0.25) is 0 Å². The number of benzene rings is 1. The maximum atomic E-state index is 11.4. The molecule has 0 fully saturated rings. The normalized spacial score (nSPS) is 10.6. The number of nitrogens with one attached hydrogen (secondary N) is 1. The lowest BCUT2D eigenvalue weighted by Gasteiger charge is -2.12. The molecule has 0 saturated heterocycles. The van der Waals surface area contributed by atoms with E-state index in [9.17, 15) is 4.79 Å². The number of amides is 1. The number of methoxy groups -OCH3 is 1. The number of carbonyl (C=O) groups is 1. The number of halogens is 2. The lowest BCUT2D eigenvalue weighted by atomic mass is 10.2. The minimum atomic E-state index is -0.545. The number of ether oxygens (including phenoxy) is 2. The molecule has 1 rings (SSSR count). The monoisotopic (exact) mass is 291 g/mol. The largest absolute Gasteiger partial charge is 0.447 e. The van der Waals surface area contributed by atoms with Gasteiger partial charge in [0.1, 0.15) is 0 Å². The smallest absolute Gasteiger partial charge is 0.411 e. The fourth-order valence-corrected chi connectivity index (χ4v) is 1.91. The fourth-order valence-electron chi connectivity index (χ4n) is 1.32. The van der Waals surface area contributed by atoms with Crippen LogP contribution in [0.5, 0.6) is 0 Å². The van der Waals surface area contributed by atoms with Gasteiger partial charge in [-0.05, 0) is 26.0 Å². The van der Waals surface area contributed by atoms with Crippen molar-refractivity contribution in [2.45, 2.75) is 26.6 Å². The molecule has 0 heterocycles. The Balaban J connectivity index is 2.83. The first kappa shape index (κ1) is 15.1. The van der Waals surface area contributed by atoms with Crippen molar-refractivity contribution in [2.24, 2.45) is 0 Å². The Kier molecular flexibility index (Phi) is 5.72. The van der Waals surface area contributed by atoms with E-state index in [4.69, 9.17) is 32.7 Å². The van der Waals surface area contributed by atoms with E-state index >= 15 is 0 Å². The summed E-state index contributed by atoms with van der Waals surface area (Å²) in [5, 5.41) is 3.42. The summed E-state index contributed by atoms with van der Waals surface area (Å²) in [5.41, 5.74) is 1.17. The summed E-state index contributed by atoms with van der Waals surface area (Å²) in [4.78, 5) is 11.4. The van der Waals surface area contributed by atoms with Gasteiger partial charge < -0.3 is 9.47 Å². The van der Waals surface area contributed by atoms with Gasteiger partial charge in [0.25, 0.3) is 0 Å². The van der Waals surface area contributed by atoms with Crippen LogP contribution in [0.15, 0.2) is 12.1 Å². The van der Waals surface area contributed by atoms with Crippen molar-refractivity contribution in [3.05, 3.63) is 27.7 Å². The average Bonchev–Trinajstić information content (AvgIpc) is 2.22. The first-order valence-corrected chi connectivity index (χ1v) is 6.14. The van der Waals surface area contributed by atoms with Crippen LogP contribution in [0.1, 0.15) is 19.4 Å². The Labute approximate surface area is 116 Å². The molecular formula is C12H15Cl2NO3. The quantitative estimate of drug-likeness (QED) is 0.909. The third-order valence-electron chi connectivity index (χ3n) is 2.02. The number of carbonyl (C=O) groups excluding carboxylic acids is 1. The topological polar surface area (TPSA) is 47.6 Å². The van der Waals surface area contributed by atoms with Gasteiger partial charge in [-0.3, -0.25) is 5.32 Å². The van der Waals surface area contributed by atoms with Gasteiger partial charge in [-0.15, -0.1) is 0 Å². The fraction of sp³-hybridized carbons (Fsp3) is 0.417. The molecule has 0 saturated carbocycles. The van der Waals surface area contributed by atoms with Gasteiger partial charge >= 0.3 is 6.09 Å². The highest BCUT2D eigenvalue weighted by atomic mass is 35.5. The Morgan fingerprint density at radius 2 is 1.89 bits per heavy atom. The maximum Gasteiger partial charge on any atom is 0.411 e. The van der Waals surface area contributed by atoms with E-state index in [0.717, 1.165) is 0 Å². The van der Waals surface area contributed by atoms with E-state index in [1.165, 1.54) is 0 Å². The molecule has 100 valence electrons. The Bertz CT molecular complexity index is 412. The van der Waals surface area contributed by atoms with Crippen LogP contribution in [0.3, 0.4) is 0 Å². The van der Waals surface area contributed by atoms with Crippen LogP contribution in [0.2, 0.25) is 10.0 Å². The molecule has 0 aliphatic heterocycles. The zero-order chi connectivity index (χ0) is 13.7. The molecule has 0 aliphatic rings. The highest BCUT2D eigenvalue weighted by Gasteiger charge is 2.11. The molecule has 0 spiro atoms. The highest BCUT2D eigenvalue weighted by Crippen LogP contribution is 2.29. The van der Waals surface area contributed by atoms with Crippen molar-refractivity contribution in [3.8, 4) is 0 Å². The molecule has 1 amide bonds. The number of rotatable bonds is 4.